The first-order valence-corrected chi connectivity index (χ1v) is 5.29. The van der Waals surface area contributed by atoms with Gasteiger partial charge in [-0.2, -0.15) is 13.2 Å². The lowest BCUT2D eigenvalue weighted by Gasteiger charge is -2.31. The third kappa shape index (κ3) is 3.23. The van der Waals surface area contributed by atoms with Crippen LogP contribution in [0.15, 0.2) is 18.2 Å². The summed E-state index contributed by atoms with van der Waals surface area (Å²) in [5.41, 5.74) is -3.25. The normalized spacial score (nSPS) is 15.6. The fraction of sp³-hybridized carbons (Fsp3) is 0.500. The van der Waals surface area contributed by atoms with Crippen molar-refractivity contribution in [2.24, 2.45) is 0 Å². The Labute approximate surface area is 107 Å². The minimum Gasteiger partial charge on any atom is -0.380 e. The molecule has 0 heterocycles. The fourth-order valence-electron chi connectivity index (χ4n) is 1.75. The minimum atomic E-state index is -4.78. The molecule has 3 nitrogen and oxygen atoms in total. The molecule has 0 aromatic heterocycles. The molecule has 0 aliphatic rings. The zero-order valence-corrected chi connectivity index (χ0v) is 10.6. The number of hydrogen-bond donors (Lipinski definition) is 1. The Morgan fingerprint density at radius 1 is 1.16 bits per heavy atom. The molecule has 108 valence electrons. The molecule has 0 saturated carbocycles. The molecule has 7 heteroatoms. The number of alkyl halides is 3. The number of methoxy groups -OCH3 is 2. The van der Waals surface area contributed by atoms with E-state index in [0.717, 1.165) is 6.07 Å². The molecule has 19 heavy (non-hydrogen) atoms. The van der Waals surface area contributed by atoms with E-state index in [1.54, 1.807) is 0 Å². The highest BCUT2D eigenvalue weighted by atomic mass is 19.4. The van der Waals surface area contributed by atoms with Crippen LogP contribution in [0.25, 0.3) is 0 Å². The van der Waals surface area contributed by atoms with Gasteiger partial charge in [0.1, 0.15) is 11.4 Å². The Kier molecular flexibility index (Phi) is 4.54. The van der Waals surface area contributed by atoms with Gasteiger partial charge in [0.05, 0.1) is 5.56 Å². The number of ether oxygens (including phenoxy) is 2. The van der Waals surface area contributed by atoms with Gasteiger partial charge in [-0.1, -0.05) is 6.07 Å². The summed E-state index contributed by atoms with van der Waals surface area (Å²) in [6, 6.07) is 2.17. The summed E-state index contributed by atoms with van der Waals surface area (Å²) in [5, 5.41) is 10.2. The lowest BCUT2D eigenvalue weighted by molar-refractivity contribution is -0.213. The molecule has 0 bridgehead atoms. The van der Waals surface area contributed by atoms with Gasteiger partial charge in [-0.3, -0.25) is 0 Å². The molecule has 1 unspecified atom stereocenters. The molecule has 1 rings (SSSR count). The molecular formula is C12H14F4O3. The van der Waals surface area contributed by atoms with E-state index in [0.29, 0.717) is 12.1 Å². The SMILES string of the molecule is COC(OC)C(C)(O)c1ccc(C(F)(F)F)c(F)c1. The number of rotatable bonds is 4. The van der Waals surface area contributed by atoms with Crippen LogP contribution in [0.1, 0.15) is 18.1 Å². The zero-order valence-electron chi connectivity index (χ0n) is 10.6. The molecule has 0 spiro atoms. The van der Waals surface area contributed by atoms with Crippen molar-refractivity contribution in [2.45, 2.75) is 25.0 Å². The van der Waals surface area contributed by atoms with Crippen LogP contribution in [0.4, 0.5) is 17.6 Å². The van der Waals surface area contributed by atoms with Gasteiger partial charge in [-0.15, -0.1) is 0 Å². The van der Waals surface area contributed by atoms with Crippen LogP contribution in [0.3, 0.4) is 0 Å². The summed E-state index contributed by atoms with van der Waals surface area (Å²) < 4.78 is 60.4. The lowest BCUT2D eigenvalue weighted by Crippen LogP contribution is -2.39. The maximum Gasteiger partial charge on any atom is 0.419 e. The van der Waals surface area contributed by atoms with Gasteiger partial charge in [0.2, 0.25) is 0 Å². The minimum absolute atomic E-state index is 0.0771. The number of benzene rings is 1. The first-order valence-electron chi connectivity index (χ1n) is 5.29. The van der Waals surface area contributed by atoms with E-state index in [2.05, 4.69) is 0 Å². The predicted molar refractivity (Wildman–Crippen MR) is 58.8 cm³/mol. The maximum absolute atomic E-state index is 13.4. The summed E-state index contributed by atoms with van der Waals surface area (Å²) in [6.45, 7) is 1.26. The zero-order chi connectivity index (χ0) is 14.8. The van der Waals surface area contributed by atoms with E-state index >= 15 is 0 Å². The van der Waals surface area contributed by atoms with Gasteiger partial charge in [0.15, 0.2) is 6.29 Å². The Balaban J connectivity index is 3.20. The molecule has 1 aromatic carbocycles. The van der Waals surface area contributed by atoms with Crippen molar-refractivity contribution < 1.29 is 32.1 Å². The summed E-state index contributed by atoms with van der Waals surface area (Å²) >= 11 is 0. The summed E-state index contributed by atoms with van der Waals surface area (Å²) in [7, 11) is 2.51. The van der Waals surface area contributed by atoms with Gasteiger partial charge >= 0.3 is 6.18 Å². The van der Waals surface area contributed by atoms with Crippen LogP contribution < -0.4 is 0 Å². The summed E-state index contributed by atoms with van der Waals surface area (Å²) in [5.74, 6) is -1.46. The Morgan fingerprint density at radius 3 is 2.05 bits per heavy atom. The summed E-state index contributed by atoms with van der Waals surface area (Å²) in [4.78, 5) is 0. The Bertz CT molecular complexity index is 439. The van der Waals surface area contributed by atoms with Crippen LogP contribution in [0.2, 0.25) is 0 Å². The number of halogens is 4. The van der Waals surface area contributed by atoms with Gasteiger partial charge in [-0.05, 0) is 24.6 Å². The van der Waals surface area contributed by atoms with Crippen LogP contribution in [0, 0.1) is 5.82 Å². The predicted octanol–water partition coefficient (Wildman–Crippen LogP) is 2.67. The lowest BCUT2D eigenvalue weighted by atomic mass is 9.94. The highest BCUT2D eigenvalue weighted by Gasteiger charge is 2.38. The van der Waals surface area contributed by atoms with Crippen molar-refractivity contribution in [2.75, 3.05) is 14.2 Å². The molecule has 0 aliphatic heterocycles. The second kappa shape index (κ2) is 5.44. The smallest absolute Gasteiger partial charge is 0.380 e. The van der Waals surface area contributed by atoms with Gasteiger partial charge < -0.3 is 14.6 Å². The van der Waals surface area contributed by atoms with E-state index in [1.807, 2.05) is 0 Å². The standard InChI is InChI=1S/C12H14F4O3/c1-11(17,10(18-2)19-3)7-4-5-8(9(13)6-7)12(14,15)16/h4-6,10,17H,1-3H3. The van der Waals surface area contributed by atoms with Crippen molar-refractivity contribution in [3.8, 4) is 0 Å². The van der Waals surface area contributed by atoms with E-state index in [-0.39, 0.29) is 5.56 Å². The second-order valence-corrected chi connectivity index (χ2v) is 4.14. The van der Waals surface area contributed by atoms with Crippen LogP contribution in [0.5, 0.6) is 0 Å². The molecule has 1 aromatic rings. The van der Waals surface area contributed by atoms with Crippen LogP contribution in [-0.2, 0) is 21.3 Å². The number of hydrogen-bond acceptors (Lipinski definition) is 3. The van der Waals surface area contributed by atoms with Gasteiger partial charge in [0, 0.05) is 14.2 Å². The molecule has 1 N–H and O–H groups in total. The summed E-state index contributed by atoms with van der Waals surface area (Å²) in [6.07, 6.45) is -5.92. The fourth-order valence-corrected chi connectivity index (χ4v) is 1.75. The second-order valence-electron chi connectivity index (χ2n) is 4.14. The molecule has 0 amide bonds. The molecule has 0 aliphatic carbocycles. The van der Waals surface area contributed by atoms with Crippen molar-refractivity contribution in [3.63, 3.8) is 0 Å². The molecule has 0 radical (unpaired) electrons. The highest BCUT2D eigenvalue weighted by molar-refractivity contribution is 5.30. The van der Waals surface area contributed by atoms with Crippen molar-refractivity contribution in [1.29, 1.82) is 0 Å². The number of aliphatic hydroxyl groups is 1. The average Bonchev–Trinajstić information content (AvgIpc) is 2.28. The quantitative estimate of drug-likeness (QED) is 0.681. The van der Waals surface area contributed by atoms with E-state index in [1.165, 1.54) is 21.1 Å². The Hall–Kier alpha value is -1.18. The van der Waals surface area contributed by atoms with Gasteiger partial charge in [0.25, 0.3) is 0 Å². The van der Waals surface area contributed by atoms with Crippen LogP contribution >= 0.6 is 0 Å². The largest absolute Gasteiger partial charge is 0.419 e. The first-order chi connectivity index (χ1) is 8.64. The average molecular weight is 282 g/mol. The van der Waals surface area contributed by atoms with Crippen molar-refractivity contribution in [3.05, 3.63) is 35.1 Å². The van der Waals surface area contributed by atoms with Crippen molar-refractivity contribution >= 4 is 0 Å². The highest BCUT2D eigenvalue weighted by Crippen LogP contribution is 2.34. The third-order valence-electron chi connectivity index (χ3n) is 2.75. The van der Waals surface area contributed by atoms with E-state index in [9.17, 15) is 22.7 Å². The van der Waals surface area contributed by atoms with E-state index in [4.69, 9.17) is 9.47 Å². The molecule has 0 saturated heterocycles. The monoisotopic (exact) mass is 282 g/mol. The van der Waals surface area contributed by atoms with Crippen molar-refractivity contribution in [1.82, 2.24) is 0 Å². The van der Waals surface area contributed by atoms with Crippen LogP contribution in [-0.4, -0.2) is 25.6 Å². The Morgan fingerprint density at radius 2 is 1.68 bits per heavy atom. The van der Waals surface area contributed by atoms with Gasteiger partial charge in [-0.25, -0.2) is 4.39 Å². The molecular weight excluding hydrogens is 268 g/mol. The topological polar surface area (TPSA) is 38.7 Å². The molecule has 0 fully saturated rings. The first kappa shape index (κ1) is 15.9. The van der Waals surface area contributed by atoms with E-state index < -0.39 is 29.4 Å². The maximum atomic E-state index is 13.4. The molecule has 1 atom stereocenters. The third-order valence-corrected chi connectivity index (χ3v) is 2.75.